The van der Waals surface area contributed by atoms with Crippen LogP contribution in [0.15, 0.2) is 4.99 Å². The lowest BCUT2D eigenvalue weighted by atomic mass is 9.96. The predicted molar refractivity (Wildman–Crippen MR) is 117 cm³/mol. The minimum Gasteiger partial charge on any atom is -0.381 e. The molecule has 1 atom stereocenters. The Morgan fingerprint density at radius 2 is 2.04 bits per heavy atom. The molecule has 7 heteroatoms. The second-order valence-electron chi connectivity index (χ2n) is 7.07. The van der Waals surface area contributed by atoms with Crippen LogP contribution < -0.4 is 5.32 Å². The lowest BCUT2D eigenvalue weighted by Gasteiger charge is -2.26. The summed E-state index contributed by atoms with van der Waals surface area (Å²) in [5.74, 6) is 1.80. The number of nitrogens with zero attached hydrogens (tertiary/aromatic N) is 2. The third-order valence-electron chi connectivity index (χ3n) is 4.95. The average molecular weight is 483 g/mol. The molecule has 2 fully saturated rings. The number of aliphatic imine (C=N–C) groups is 1. The second kappa shape index (κ2) is 14.9. The van der Waals surface area contributed by atoms with E-state index in [2.05, 4.69) is 24.2 Å². The maximum atomic E-state index is 5.71. The third kappa shape index (κ3) is 9.71. The van der Waals surface area contributed by atoms with Crippen LogP contribution in [-0.2, 0) is 14.2 Å². The smallest absolute Gasteiger partial charge is 0.193 e. The van der Waals surface area contributed by atoms with E-state index in [0.717, 1.165) is 77.4 Å². The van der Waals surface area contributed by atoms with Crippen LogP contribution in [0.2, 0.25) is 0 Å². The summed E-state index contributed by atoms with van der Waals surface area (Å²) in [6.45, 7) is 9.10. The Hall–Kier alpha value is -0.120. The van der Waals surface area contributed by atoms with E-state index in [1.165, 1.54) is 25.7 Å². The van der Waals surface area contributed by atoms with Crippen LogP contribution in [0.5, 0.6) is 0 Å². The van der Waals surface area contributed by atoms with Gasteiger partial charge in [-0.2, -0.15) is 0 Å². The molecule has 0 saturated carbocycles. The van der Waals surface area contributed by atoms with Gasteiger partial charge < -0.3 is 24.4 Å². The highest BCUT2D eigenvalue weighted by molar-refractivity contribution is 14.0. The van der Waals surface area contributed by atoms with Crippen LogP contribution in [0.25, 0.3) is 0 Å². The fourth-order valence-corrected chi connectivity index (χ4v) is 3.33. The molecule has 0 aliphatic carbocycles. The molecule has 0 aromatic rings. The number of hydrogen-bond acceptors (Lipinski definition) is 4. The van der Waals surface area contributed by atoms with Gasteiger partial charge in [0, 0.05) is 53.1 Å². The first-order valence-corrected chi connectivity index (χ1v) is 10.1. The van der Waals surface area contributed by atoms with Crippen molar-refractivity contribution in [2.75, 3.05) is 59.7 Å². The molecule has 26 heavy (non-hydrogen) atoms. The Bertz CT molecular complexity index is 373. The summed E-state index contributed by atoms with van der Waals surface area (Å²) in [6.07, 6.45) is 7.19. The first-order chi connectivity index (χ1) is 12.3. The molecule has 2 aliphatic rings. The normalized spacial score (nSPS) is 21.5. The van der Waals surface area contributed by atoms with Gasteiger partial charge in [-0.05, 0) is 51.4 Å². The standard InChI is InChI=1S/C19H37N3O3.HI/c1-3-20-19(22(2)11-7-17-8-14-23-15-9-17)21-10-5-12-24-16-18-6-4-13-25-18;/h17-18H,3-16H2,1-2H3,(H,20,21);1H. The Morgan fingerprint density at radius 3 is 2.73 bits per heavy atom. The van der Waals surface area contributed by atoms with Gasteiger partial charge in [-0.25, -0.2) is 0 Å². The van der Waals surface area contributed by atoms with Gasteiger partial charge in [0.05, 0.1) is 12.7 Å². The quantitative estimate of drug-likeness (QED) is 0.224. The molecule has 0 amide bonds. The van der Waals surface area contributed by atoms with Gasteiger partial charge in [0.2, 0.25) is 0 Å². The molecule has 154 valence electrons. The van der Waals surface area contributed by atoms with Crippen molar-refractivity contribution in [3.8, 4) is 0 Å². The second-order valence-corrected chi connectivity index (χ2v) is 7.07. The Kier molecular flexibility index (Phi) is 13.7. The Labute approximate surface area is 176 Å². The van der Waals surface area contributed by atoms with Crippen molar-refractivity contribution in [3.63, 3.8) is 0 Å². The Balaban J connectivity index is 0.00000338. The molecule has 6 nitrogen and oxygen atoms in total. The van der Waals surface area contributed by atoms with Gasteiger partial charge in [-0.15, -0.1) is 24.0 Å². The van der Waals surface area contributed by atoms with Crippen molar-refractivity contribution >= 4 is 29.9 Å². The van der Waals surface area contributed by atoms with Crippen LogP contribution >= 0.6 is 24.0 Å². The number of nitrogens with one attached hydrogen (secondary N) is 1. The molecule has 2 saturated heterocycles. The van der Waals surface area contributed by atoms with Crippen molar-refractivity contribution in [3.05, 3.63) is 0 Å². The van der Waals surface area contributed by atoms with E-state index in [-0.39, 0.29) is 24.0 Å². The minimum absolute atomic E-state index is 0. The van der Waals surface area contributed by atoms with Gasteiger partial charge in [-0.1, -0.05) is 0 Å². The zero-order valence-electron chi connectivity index (χ0n) is 16.6. The summed E-state index contributed by atoms with van der Waals surface area (Å²) in [5, 5.41) is 3.40. The van der Waals surface area contributed by atoms with E-state index in [1.54, 1.807) is 0 Å². The molecule has 2 aliphatic heterocycles. The van der Waals surface area contributed by atoms with Crippen LogP contribution in [0, 0.1) is 5.92 Å². The fourth-order valence-electron chi connectivity index (χ4n) is 3.33. The topological polar surface area (TPSA) is 55.3 Å². The average Bonchev–Trinajstić information content (AvgIpc) is 3.16. The minimum atomic E-state index is 0. The zero-order valence-corrected chi connectivity index (χ0v) is 18.9. The number of guanidine groups is 1. The largest absolute Gasteiger partial charge is 0.381 e. The Morgan fingerprint density at radius 1 is 1.23 bits per heavy atom. The van der Waals surface area contributed by atoms with E-state index in [0.29, 0.717) is 6.10 Å². The first-order valence-electron chi connectivity index (χ1n) is 10.1. The van der Waals surface area contributed by atoms with Crippen LogP contribution in [0.1, 0.15) is 45.4 Å². The molecule has 0 aromatic carbocycles. The zero-order chi connectivity index (χ0) is 17.7. The molecule has 0 spiro atoms. The highest BCUT2D eigenvalue weighted by Crippen LogP contribution is 2.18. The van der Waals surface area contributed by atoms with Crippen LogP contribution in [0.3, 0.4) is 0 Å². The van der Waals surface area contributed by atoms with Gasteiger partial charge in [-0.3, -0.25) is 4.99 Å². The van der Waals surface area contributed by atoms with Gasteiger partial charge in [0.15, 0.2) is 5.96 Å². The van der Waals surface area contributed by atoms with Crippen LogP contribution in [-0.4, -0.2) is 76.7 Å². The lowest BCUT2D eigenvalue weighted by Crippen LogP contribution is -2.40. The van der Waals surface area contributed by atoms with Crippen LogP contribution in [0.4, 0.5) is 0 Å². The fraction of sp³-hybridized carbons (Fsp3) is 0.947. The molecule has 1 N–H and O–H groups in total. The first kappa shape index (κ1) is 23.9. The molecule has 0 aromatic heterocycles. The lowest BCUT2D eigenvalue weighted by molar-refractivity contribution is 0.0170. The van der Waals surface area contributed by atoms with Crippen molar-refractivity contribution in [2.45, 2.75) is 51.6 Å². The monoisotopic (exact) mass is 483 g/mol. The molecule has 2 heterocycles. The number of rotatable bonds is 10. The van der Waals surface area contributed by atoms with E-state index >= 15 is 0 Å². The van der Waals surface area contributed by atoms with Gasteiger partial charge >= 0.3 is 0 Å². The highest BCUT2D eigenvalue weighted by Gasteiger charge is 2.16. The number of halogens is 1. The maximum Gasteiger partial charge on any atom is 0.193 e. The predicted octanol–water partition coefficient (Wildman–Crippen LogP) is 2.90. The van der Waals surface area contributed by atoms with E-state index in [1.807, 2.05) is 0 Å². The van der Waals surface area contributed by atoms with Gasteiger partial charge in [0.25, 0.3) is 0 Å². The number of ether oxygens (including phenoxy) is 3. The van der Waals surface area contributed by atoms with Crippen molar-refractivity contribution in [1.29, 1.82) is 0 Å². The highest BCUT2D eigenvalue weighted by atomic mass is 127. The molecule has 2 rings (SSSR count). The summed E-state index contributed by atoms with van der Waals surface area (Å²) >= 11 is 0. The molecular weight excluding hydrogens is 445 g/mol. The van der Waals surface area contributed by atoms with Crippen molar-refractivity contribution in [1.82, 2.24) is 10.2 Å². The van der Waals surface area contributed by atoms with E-state index < -0.39 is 0 Å². The summed E-state index contributed by atoms with van der Waals surface area (Å²) in [4.78, 5) is 7.00. The third-order valence-corrected chi connectivity index (χ3v) is 4.95. The number of hydrogen-bond donors (Lipinski definition) is 1. The molecular formula is C19H38IN3O3. The molecule has 1 unspecified atom stereocenters. The summed E-state index contributed by atoms with van der Waals surface area (Å²) < 4.78 is 16.7. The molecule has 0 radical (unpaired) electrons. The van der Waals surface area contributed by atoms with Crippen molar-refractivity contribution in [2.24, 2.45) is 10.9 Å². The van der Waals surface area contributed by atoms with E-state index in [4.69, 9.17) is 19.2 Å². The van der Waals surface area contributed by atoms with Gasteiger partial charge in [0.1, 0.15) is 0 Å². The summed E-state index contributed by atoms with van der Waals surface area (Å²) in [5.41, 5.74) is 0. The SMILES string of the molecule is CCNC(=NCCCOCC1CCCO1)N(C)CCC1CCOCC1.I. The maximum absolute atomic E-state index is 5.71. The molecule has 0 bridgehead atoms. The van der Waals surface area contributed by atoms with Crippen molar-refractivity contribution < 1.29 is 14.2 Å². The summed E-state index contributed by atoms with van der Waals surface area (Å²) in [6, 6.07) is 0. The van der Waals surface area contributed by atoms with E-state index in [9.17, 15) is 0 Å². The summed E-state index contributed by atoms with van der Waals surface area (Å²) in [7, 11) is 2.13.